The van der Waals surface area contributed by atoms with Crippen LogP contribution in [0.5, 0.6) is 5.75 Å². The minimum atomic E-state index is -4.52. The molecule has 0 unspecified atom stereocenters. The lowest BCUT2D eigenvalue weighted by atomic mass is 9.86. The maximum Gasteiger partial charge on any atom is 0.420 e. The van der Waals surface area contributed by atoms with Gasteiger partial charge in [-0.1, -0.05) is 31.5 Å². The number of carbonyl (C=O) groups excluding carboxylic acids is 1. The number of aldehydes is 1. The van der Waals surface area contributed by atoms with Gasteiger partial charge < -0.3 is 9.53 Å². The molecule has 0 heterocycles. The van der Waals surface area contributed by atoms with Crippen molar-refractivity contribution in [3.05, 3.63) is 41.5 Å². The molecule has 3 rings (SSSR count). The second kappa shape index (κ2) is 7.68. The quantitative estimate of drug-likeness (QED) is 0.613. The number of ether oxygens (including phenoxy) is 1. The number of fused-ring (bicyclic) bond motifs is 1. The first-order valence-electron chi connectivity index (χ1n) is 9.15. The Bertz CT molecular complexity index is 775. The molecule has 0 bridgehead atoms. The Balaban J connectivity index is 1.97. The molecule has 1 saturated carbocycles. The van der Waals surface area contributed by atoms with Gasteiger partial charge in [-0.15, -0.1) is 0 Å². The summed E-state index contributed by atoms with van der Waals surface area (Å²) in [5.41, 5.74) is -0.168. The van der Waals surface area contributed by atoms with E-state index in [0.717, 1.165) is 32.1 Å². The molecule has 2 aromatic rings. The lowest BCUT2D eigenvalue weighted by Crippen LogP contribution is -2.25. The molecule has 26 heavy (non-hydrogen) atoms. The van der Waals surface area contributed by atoms with E-state index >= 15 is 0 Å². The molecule has 0 spiro atoms. The Kier molecular flexibility index (Phi) is 5.54. The van der Waals surface area contributed by atoms with E-state index in [-0.39, 0.29) is 23.7 Å². The summed E-state index contributed by atoms with van der Waals surface area (Å²) in [4.78, 5) is 10.7. The van der Waals surface area contributed by atoms with E-state index in [0.29, 0.717) is 23.2 Å². The average Bonchev–Trinajstić information content (AvgIpc) is 2.61. The van der Waals surface area contributed by atoms with Gasteiger partial charge in [-0.05, 0) is 60.1 Å². The van der Waals surface area contributed by atoms with E-state index in [1.165, 1.54) is 12.1 Å². The Morgan fingerprint density at radius 3 is 2.42 bits per heavy atom. The highest BCUT2D eigenvalue weighted by Gasteiger charge is 2.37. The molecule has 1 aliphatic rings. The molecule has 2 aromatic carbocycles. The third-order valence-corrected chi connectivity index (χ3v) is 5.31. The SMILES string of the molecule is CCC1CCC(Oc2ccc3ccc(CC=O)cc3c2C(F)(F)F)CC1. The summed E-state index contributed by atoms with van der Waals surface area (Å²) in [6.07, 6.45) is 0.789. The van der Waals surface area contributed by atoms with Gasteiger partial charge in [0.15, 0.2) is 0 Å². The van der Waals surface area contributed by atoms with E-state index in [1.54, 1.807) is 18.2 Å². The Hall–Kier alpha value is -2.04. The fourth-order valence-corrected chi connectivity index (χ4v) is 3.80. The fourth-order valence-electron chi connectivity index (χ4n) is 3.80. The topological polar surface area (TPSA) is 26.3 Å². The molecule has 0 amide bonds. The van der Waals surface area contributed by atoms with Crippen molar-refractivity contribution in [1.29, 1.82) is 0 Å². The first-order valence-corrected chi connectivity index (χ1v) is 9.15. The van der Waals surface area contributed by atoms with Crippen LogP contribution in [0.2, 0.25) is 0 Å². The van der Waals surface area contributed by atoms with Crippen molar-refractivity contribution in [2.45, 2.75) is 57.7 Å². The molecule has 5 heteroatoms. The number of rotatable bonds is 5. The maximum absolute atomic E-state index is 13.8. The predicted molar refractivity (Wildman–Crippen MR) is 95.4 cm³/mol. The smallest absolute Gasteiger partial charge is 0.420 e. The number of halogens is 3. The van der Waals surface area contributed by atoms with E-state index in [2.05, 4.69) is 6.92 Å². The highest BCUT2D eigenvalue weighted by Crippen LogP contribution is 2.43. The van der Waals surface area contributed by atoms with Gasteiger partial charge in [-0.25, -0.2) is 0 Å². The van der Waals surface area contributed by atoms with Gasteiger partial charge in [0.25, 0.3) is 0 Å². The van der Waals surface area contributed by atoms with Gasteiger partial charge >= 0.3 is 6.18 Å². The summed E-state index contributed by atoms with van der Waals surface area (Å²) in [6, 6.07) is 7.84. The molecule has 0 radical (unpaired) electrons. The second-order valence-corrected chi connectivity index (χ2v) is 7.03. The molecule has 0 saturated heterocycles. The summed E-state index contributed by atoms with van der Waals surface area (Å²) >= 11 is 0. The normalized spacial score (nSPS) is 20.9. The van der Waals surface area contributed by atoms with E-state index < -0.39 is 11.7 Å². The zero-order chi connectivity index (χ0) is 18.7. The van der Waals surface area contributed by atoms with E-state index in [4.69, 9.17) is 4.74 Å². The van der Waals surface area contributed by atoms with E-state index in [1.807, 2.05) is 0 Å². The summed E-state index contributed by atoms with van der Waals surface area (Å²) in [5.74, 6) is 0.549. The third-order valence-electron chi connectivity index (χ3n) is 5.31. The summed E-state index contributed by atoms with van der Waals surface area (Å²) in [6.45, 7) is 2.15. The Labute approximate surface area is 151 Å². The van der Waals surface area contributed by atoms with Crippen molar-refractivity contribution in [3.8, 4) is 5.75 Å². The highest BCUT2D eigenvalue weighted by molar-refractivity contribution is 5.89. The van der Waals surface area contributed by atoms with Crippen LogP contribution < -0.4 is 4.74 Å². The zero-order valence-electron chi connectivity index (χ0n) is 14.8. The first-order chi connectivity index (χ1) is 12.4. The lowest BCUT2D eigenvalue weighted by Gasteiger charge is -2.29. The van der Waals surface area contributed by atoms with Gasteiger partial charge in [0.05, 0.1) is 6.10 Å². The largest absolute Gasteiger partial charge is 0.490 e. The van der Waals surface area contributed by atoms with Gasteiger partial charge in [-0.3, -0.25) is 0 Å². The molecular weight excluding hydrogens is 341 g/mol. The molecule has 0 aliphatic heterocycles. The third kappa shape index (κ3) is 4.02. The monoisotopic (exact) mass is 364 g/mol. The minimum absolute atomic E-state index is 0.0941. The average molecular weight is 364 g/mol. The van der Waals surface area contributed by atoms with Crippen molar-refractivity contribution in [2.75, 3.05) is 0 Å². The van der Waals surface area contributed by atoms with Crippen molar-refractivity contribution in [3.63, 3.8) is 0 Å². The molecule has 0 atom stereocenters. The van der Waals surface area contributed by atoms with Crippen LogP contribution in [0.25, 0.3) is 10.8 Å². The van der Waals surface area contributed by atoms with Crippen molar-refractivity contribution >= 4 is 17.1 Å². The number of alkyl halides is 3. The summed E-state index contributed by atoms with van der Waals surface area (Å²) < 4.78 is 47.3. The second-order valence-electron chi connectivity index (χ2n) is 7.03. The van der Waals surface area contributed by atoms with Gasteiger partial charge in [0.2, 0.25) is 0 Å². The van der Waals surface area contributed by atoms with Crippen LogP contribution in [-0.4, -0.2) is 12.4 Å². The maximum atomic E-state index is 13.8. The zero-order valence-corrected chi connectivity index (χ0v) is 14.8. The van der Waals surface area contributed by atoms with Crippen molar-refractivity contribution < 1.29 is 22.7 Å². The Morgan fingerprint density at radius 2 is 1.81 bits per heavy atom. The predicted octanol–water partition coefficient (Wildman–Crippen LogP) is 5.95. The van der Waals surface area contributed by atoms with Crippen LogP contribution in [0.3, 0.4) is 0 Å². The fraction of sp³-hybridized carbons (Fsp3) is 0.476. The van der Waals surface area contributed by atoms with Gasteiger partial charge in [0.1, 0.15) is 17.6 Å². The summed E-state index contributed by atoms with van der Waals surface area (Å²) in [5, 5.41) is 0.589. The van der Waals surface area contributed by atoms with Crippen LogP contribution in [0.15, 0.2) is 30.3 Å². The van der Waals surface area contributed by atoms with Crippen LogP contribution in [-0.2, 0) is 17.4 Å². The lowest BCUT2D eigenvalue weighted by molar-refractivity contribution is -0.138. The number of hydrogen-bond acceptors (Lipinski definition) is 2. The number of benzene rings is 2. The van der Waals surface area contributed by atoms with Crippen molar-refractivity contribution in [2.24, 2.45) is 5.92 Å². The molecule has 140 valence electrons. The minimum Gasteiger partial charge on any atom is -0.490 e. The molecule has 0 N–H and O–H groups in total. The molecule has 0 aromatic heterocycles. The first kappa shape index (κ1) is 18.7. The number of hydrogen-bond donors (Lipinski definition) is 0. The summed E-state index contributed by atoms with van der Waals surface area (Å²) in [7, 11) is 0. The van der Waals surface area contributed by atoms with Crippen LogP contribution in [0.4, 0.5) is 13.2 Å². The van der Waals surface area contributed by atoms with E-state index in [9.17, 15) is 18.0 Å². The van der Waals surface area contributed by atoms with Crippen molar-refractivity contribution in [1.82, 2.24) is 0 Å². The highest BCUT2D eigenvalue weighted by atomic mass is 19.4. The van der Waals surface area contributed by atoms with Crippen LogP contribution in [0, 0.1) is 5.92 Å². The van der Waals surface area contributed by atoms with Crippen LogP contribution in [0.1, 0.15) is 50.2 Å². The van der Waals surface area contributed by atoms with Gasteiger partial charge in [0, 0.05) is 6.42 Å². The number of carbonyl (C=O) groups is 1. The molecule has 1 fully saturated rings. The standard InChI is InChI=1S/C21H23F3O2/c1-2-14-4-8-17(9-5-14)26-19-10-7-16-6-3-15(11-12-25)13-18(16)20(19)21(22,23)24/h3,6-7,10,12-14,17H,2,4-5,8-9,11H2,1H3. The Morgan fingerprint density at radius 1 is 1.12 bits per heavy atom. The molecule has 2 nitrogen and oxygen atoms in total. The molecule has 1 aliphatic carbocycles. The van der Waals surface area contributed by atoms with Gasteiger partial charge in [-0.2, -0.15) is 13.2 Å². The van der Waals surface area contributed by atoms with Crippen LogP contribution >= 0.6 is 0 Å². The molecular formula is C21H23F3O2.